The summed E-state index contributed by atoms with van der Waals surface area (Å²) >= 11 is 0. The molecule has 7 nitrogen and oxygen atoms in total. The molecule has 21 heavy (non-hydrogen) atoms. The summed E-state index contributed by atoms with van der Waals surface area (Å²) in [5.74, 6) is -0.129. The van der Waals surface area contributed by atoms with Crippen LogP contribution in [-0.4, -0.2) is 17.8 Å². The highest BCUT2D eigenvalue weighted by Crippen LogP contribution is 2.27. The van der Waals surface area contributed by atoms with Gasteiger partial charge in [-0.2, -0.15) is 0 Å². The number of nitro groups is 1. The largest absolute Gasteiger partial charge is 0.497 e. The summed E-state index contributed by atoms with van der Waals surface area (Å²) in [5, 5.41) is 13.5. The molecule has 7 heteroatoms. The number of nitrogens with zero attached hydrogens (tertiary/aromatic N) is 2. The summed E-state index contributed by atoms with van der Waals surface area (Å²) in [6.07, 6.45) is 0. The lowest BCUT2D eigenvalue weighted by molar-refractivity contribution is -0.384. The van der Waals surface area contributed by atoms with Crippen molar-refractivity contribution in [2.24, 2.45) is 5.18 Å². The van der Waals surface area contributed by atoms with Gasteiger partial charge < -0.3 is 4.74 Å². The summed E-state index contributed by atoms with van der Waals surface area (Å²) in [6, 6.07) is 9.52. The predicted octanol–water partition coefficient (Wildman–Crippen LogP) is 3.23. The monoisotopic (exact) mass is 286 g/mol. The molecule has 2 aromatic carbocycles. The molecule has 0 unspecified atom stereocenters. The number of nitroso groups, excluding NO2 is 1. The number of hydrogen-bond acceptors (Lipinski definition) is 6. The molecule has 0 atom stereocenters. The first-order valence-electron chi connectivity index (χ1n) is 5.87. The fourth-order valence-corrected chi connectivity index (χ4v) is 1.82. The summed E-state index contributed by atoms with van der Waals surface area (Å²) in [5.41, 5.74) is -0.105. The molecule has 0 amide bonds. The Bertz CT molecular complexity index is 727. The highest BCUT2D eigenvalue weighted by Gasteiger charge is 2.17. The molecule has 0 fully saturated rings. The molecule has 0 bridgehead atoms. The van der Waals surface area contributed by atoms with E-state index in [0.717, 1.165) is 6.07 Å². The van der Waals surface area contributed by atoms with Gasteiger partial charge in [0.1, 0.15) is 11.4 Å². The second-order valence-corrected chi connectivity index (χ2v) is 4.11. The third-order valence-electron chi connectivity index (χ3n) is 2.87. The van der Waals surface area contributed by atoms with Crippen LogP contribution >= 0.6 is 0 Å². The van der Waals surface area contributed by atoms with Crippen LogP contribution in [0.3, 0.4) is 0 Å². The Morgan fingerprint density at radius 1 is 1.24 bits per heavy atom. The number of carbonyl (C=O) groups is 1. The molecule has 0 radical (unpaired) electrons. The van der Waals surface area contributed by atoms with Gasteiger partial charge in [-0.15, -0.1) is 4.91 Å². The van der Waals surface area contributed by atoms with E-state index >= 15 is 0 Å². The Labute approximate surface area is 119 Å². The number of rotatable bonds is 5. The third-order valence-corrected chi connectivity index (χ3v) is 2.87. The number of carbonyl (C=O) groups excluding carboxylic acids is 1. The van der Waals surface area contributed by atoms with E-state index in [1.54, 1.807) is 0 Å². The first kappa shape index (κ1) is 14.3. The van der Waals surface area contributed by atoms with Gasteiger partial charge in [-0.05, 0) is 17.3 Å². The van der Waals surface area contributed by atoms with Crippen LogP contribution in [0.15, 0.2) is 47.6 Å². The molecular formula is C14H10N2O5. The maximum Gasteiger partial charge on any atom is 0.270 e. The minimum absolute atomic E-state index is 0.0614. The zero-order valence-electron chi connectivity index (χ0n) is 11.0. The maximum atomic E-state index is 12.3. The number of hydrogen-bond donors (Lipinski definition) is 0. The van der Waals surface area contributed by atoms with Crippen LogP contribution in [-0.2, 0) is 0 Å². The van der Waals surface area contributed by atoms with Gasteiger partial charge in [0, 0.05) is 23.8 Å². The molecule has 2 rings (SSSR count). The van der Waals surface area contributed by atoms with E-state index < -0.39 is 10.7 Å². The van der Waals surface area contributed by atoms with Crippen molar-refractivity contribution in [3.63, 3.8) is 0 Å². The zero-order valence-corrected chi connectivity index (χ0v) is 11.0. The van der Waals surface area contributed by atoms with Crippen LogP contribution in [0.2, 0.25) is 0 Å². The van der Waals surface area contributed by atoms with Crippen molar-refractivity contribution in [2.75, 3.05) is 7.11 Å². The predicted molar refractivity (Wildman–Crippen MR) is 75.0 cm³/mol. The van der Waals surface area contributed by atoms with Crippen LogP contribution in [0.1, 0.15) is 15.9 Å². The second-order valence-electron chi connectivity index (χ2n) is 4.11. The van der Waals surface area contributed by atoms with E-state index in [-0.39, 0.29) is 22.5 Å². The van der Waals surface area contributed by atoms with Crippen molar-refractivity contribution in [1.82, 2.24) is 0 Å². The van der Waals surface area contributed by atoms with Gasteiger partial charge in [0.25, 0.3) is 5.69 Å². The number of methoxy groups -OCH3 is 1. The van der Waals surface area contributed by atoms with Crippen LogP contribution in [0.4, 0.5) is 11.4 Å². The lowest BCUT2D eigenvalue weighted by atomic mass is 10.0. The Hall–Kier alpha value is -3.09. The molecule has 0 aliphatic heterocycles. The molecule has 0 aromatic heterocycles. The number of ketones is 1. The summed E-state index contributed by atoms with van der Waals surface area (Å²) in [6.45, 7) is 0. The highest BCUT2D eigenvalue weighted by molar-refractivity contribution is 6.12. The quantitative estimate of drug-likeness (QED) is 0.363. The number of non-ortho nitro benzene ring substituents is 1. The highest BCUT2D eigenvalue weighted by atomic mass is 16.6. The van der Waals surface area contributed by atoms with E-state index in [1.807, 2.05) is 0 Å². The van der Waals surface area contributed by atoms with Gasteiger partial charge in [0.2, 0.25) is 0 Å². The van der Waals surface area contributed by atoms with E-state index in [2.05, 4.69) is 5.18 Å². The minimum Gasteiger partial charge on any atom is -0.497 e. The van der Waals surface area contributed by atoms with Crippen LogP contribution in [0, 0.1) is 15.0 Å². The second kappa shape index (κ2) is 5.91. The van der Waals surface area contributed by atoms with Crippen molar-refractivity contribution in [3.05, 3.63) is 68.6 Å². The van der Waals surface area contributed by atoms with Gasteiger partial charge in [-0.3, -0.25) is 14.9 Å². The van der Waals surface area contributed by atoms with Crippen molar-refractivity contribution < 1.29 is 14.5 Å². The Morgan fingerprint density at radius 3 is 2.62 bits per heavy atom. The molecule has 0 heterocycles. The number of benzene rings is 2. The smallest absolute Gasteiger partial charge is 0.270 e. The van der Waals surface area contributed by atoms with Gasteiger partial charge in [0.15, 0.2) is 5.78 Å². The van der Waals surface area contributed by atoms with Crippen LogP contribution in [0.5, 0.6) is 5.75 Å². The van der Waals surface area contributed by atoms with Crippen LogP contribution < -0.4 is 4.74 Å². The van der Waals surface area contributed by atoms with E-state index in [9.17, 15) is 19.8 Å². The molecule has 106 valence electrons. The zero-order chi connectivity index (χ0) is 15.4. The Morgan fingerprint density at radius 2 is 2.00 bits per heavy atom. The van der Waals surface area contributed by atoms with Gasteiger partial charge in [-0.1, -0.05) is 12.1 Å². The molecule has 0 N–H and O–H groups in total. The topological polar surface area (TPSA) is 98.9 Å². The summed E-state index contributed by atoms with van der Waals surface area (Å²) < 4.78 is 4.95. The SMILES string of the molecule is COc1ccc(C(=O)c2cccc([N+](=O)[O-])c2)c(N=O)c1. The summed E-state index contributed by atoms with van der Waals surface area (Å²) in [4.78, 5) is 33.3. The Kier molecular flexibility index (Phi) is 4.03. The first-order valence-corrected chi connectivity index (χ1v) is 5.87. The van der Waals surface area contributed by atoms with Crippen molar-refractivity contribution in [3.8, 4) is 5.75 Å². The third kappa shape index (κ3) is 2.92. The molecular weight excluding hydrogens is 276 g/mol. The molecule has 0 saturated carbocycles. The normalized spacial score (nSPS) is 9.95. The molecule has 0 aliphatic carbocycles. The van der Waals surface area contributed by atoms with Crippen molar-refractivity contribution >= 4 is 17.2 Å². The standard InChI is InChI=1S/C14H10N2O5/c1-21-11-5-6-12(13(8-11)15-18)14(17)9-3-2-4-10(7-9)16(19)20/h2-8H,1H3. The van der Waals surface area contributed by atoms with Gasteiger partial charge in [-0.25, -0.2) is 0 Å². The lowest BCUT2D eigenvalue weighted by Crippen LogP contribution is -2.02. The first-order chi connectivity index (χ1) is 10.1. The molecule has 0 spiro atoms. The molecule has 0 aliphatic rings. The van der Waals surface area contributed by atoms with Crippen molar-refractivity contribution in [1.29, 1.82) is 0 Å². The Balaban J connectivity index is 2.47. The van der Waals surface area contributed by atoms with Gasteiger partial charge in [0.05, 0.1) is 17.6 Å². The molecule has 2 aromatic rings. The number of nitro benzene ring substituents is 1. The fourth-order valence-electron chi connectivity index (χ4n) is 1.82. The van der Waals surface area contributed by atoms with Crippen molar-refractivity contribution in [2.45, 2.75) is 0 Å². The summed E-state index contributed by atoms with van der Waals surface area (Å²) in [7, 11) is 1.42. The average molecular weight is 286 g/mol. The van der Waals surface area contributed by atoms with E-state index in [1.165, 1.54) is 43.5 Å². The van der Waals surface area contributed by atoms with Crippen LogP contribution in [0.25, 0.3) is 0 Å². The average Bonchev–Trinajstić information content (AvgIpc) is 2.53. The maximum absolute atomic E-state index is 12.3. The number of ether oxygens (including phenoxy) is 1. The fraction of sp³-hybridized carbons (Fsp3) is 0.0714. The molecule has 0 saturated heterocycles. The van der Waals surface area contributed by atoms with E-state index in [4.69, 9.17) is 4.74 Å². The minimum atomic E-state index is -0.594. The van der Waals surface area contributed by atoms with E-state index in [0.29, 0.717) is 5.75 Å². The van der Waals surface area contributed by atoms with Gasteiger partial charge >= 0.3 is 0 Å². The lowest BCUT2D eigenvalue weighted by Gasteiger charge is -2.05.